The molecular formula is C10H10ClNO2. The molecule has 14 heavy (non-hydrogen) atoms. The Balaban J connectivity index is 2.20. The molecule has 1 aliphatic rings. The highest BCUT2D eigenvalue weighted by Crippen LogP contribution is 2.20. The van der Waals surface area contributed by atoms with Crippen molar-refractivity contribution in [3.8, 4) is 0 Å². The number of hydrogen-bond acceptors (Lipinski definition) is 2. The van der Waals surface area contributed by atoms with Gasteiger partial charge in [-0.25, -0.2) is 4.79 Å². The molecule has 0 aromatic heterocycles. The fourth-order valence-electron chi connectivity index (χ4n) is 1.41. The predicted octanol–water partition coefficient (Wildman–Crippen LogP) is 2.69. The highest BCUT2D eigenvalue weighted by molar-refractivity contribution is 6.30. The van der Waals surface area contributed by atoms with Crippen LogP contribution in [0.1, 0.15) is 6.42 Å². The Labute approximate surface area is 87.2 Å². The number of ether oxygens (including phenoxy) is 1. The lowest BCUT2D eigenvalue weighted by molar-refractivity contribution is 0.140. The van der Waals surface area contributed by atoms with Crippen LogP contribution in [0.3, 0.4) is 0 Å². The van der Waals surface area contributed by atoms with Crippen LogP contribution < -0.4 is 4.90 Å². The Kier molecular flexibility index (Phi) is 2.59. The smallest absolute Gasteiger partial charge is 0.414 e. The van der Waals surface area contributed by atoms with Crippen molar-refractivity contribution >= 4 is 23.4 Å². The van der Waals surface area contributed by atoms with E-state index in [-0.39, 0.29) is 6.09 Å². The number of cyclic esters (lactones) is 1. The molecular weight excluding hydrogens is 202 g/mol. The minimum absolute atomic E-state index is 0.279. The minimum atomic E-state index is -0.279. The number of rotatable bonds is 1. The zero-order valence-electron chi connectivity index (χ0n) is 7.57. The molecule has 1 aromatic rings. The van der Waals surface area contributed by atoms with Crippen LogP contribution in [-0.2, 0) is 4.74 Å². The molecule has 0 bridgehead atoms. The zero-order chi connectivity index (χ0) is 9.97. The van der Waals surface area contributed by atoms with Crippen molar-refractivity contribution in [2.45, 2.75) is 6.42 Å². The van der Waals surface area contributed by atoms with E-state index in [2.05, 4.69) is 0 Å². The van der Waals surface area contributed by atoms with Crippen LogP contribution in [0.4, 0.5) is 10.5 Å². The lowest BCUT2D eigenvalue weighted by atomic mass is 10.2. The summed E-state index contributed by atoms with van der Waals surface area (Å²) in [4.78, 5) is 13.0. The van der Waals surface area contributed by atoms with Gasteiger partial charge in [-0.3, -0.25) is 4.90 Å². The summed E-state index contributed by atoms with van der Waals surface area (Å²) >= 11 is 5.75. The summed E-state index contributed by atoms with van der Waals surface area (Å²) in [7, 11) is 0. The van der Waals surface area contributed by atoms with E-state index < -0.39 is 0 Å². The van der Waals surface area contributed by atoms with E-state index in [1.54, 1.807) is 17.0 Å². The van der Waals surface area contributed by atoms with E-state index >= 15 is 0 Å². The predicted molar refractivity (Wildman–Crippen MR) is 54.8 cm³/mol. The molecule has 0 atom stereocenters. The molecule has 0 spiro atoms. The second-order valence-electron chi connectivity index (χ2n) is 3.10. The number of carbonyl (C=O) groups is 1. The van der Waals surface area contributed by atoms with E-state index in [1.165, 1.54) is 0 Å². The van der Waals surface area contributed by atoms with E-state index in [0.717, 1.165) is 12.1 Å². The van der Waals surface area contributed by atoms with E-state index in [4.69, 9.17) is 16.3 Å². The summed E-state index contributed by atoms with van der Waals surface area (Å²) in [5.74, 6) is 0. The molecule has 0 N–H and O–H groups in total. The molecule has 1 heterocycles. The van der Waals surface area contributed by atoms with Crippen LogP contribution >= 0.6 is 11.6 Å². The van der Waals surface area contributed by atoms with Gasteiger partial charge in [0.05, 0.1) is 6.61 Å². The van der Waals surface area contributed by atoms with E-state index in [0.29, 0.717) is 18.2 Å². The summed E-state index contributed by atoms with van der Waals surface area (Å²) in [5, 5.41) is 0.666. The maximum atomic E-state index is 11.4. The number of halogens is 1. The first-order valence-corrected chi connectivity index (χ1v) is 4.85. The van der Waals surface area contributed by atoms with Crippen molar-refractivity contribution in [2.75, 3.05) is 18.1 Å². The van der Waals surface area contributed by atoms with Crippen LogP contribution in [0.2, 0.25) is 5.02 Å². The Hall–Kier alpha value is -1.22. The lowest BCUT2D eigenvalue weighted by Crippen LogP contribution is -2.37. The molecule has 1 saturated heterocycles. The fraction of sp³-hybridized carbons (Fsp3) is 0.300. The Morgan fingerprint density at radius 2 is 2.00 bits per heavy atom. The van der Waals surface area contributed by atoms with Crippen LogP contribution in [0.5, 0.6) is 0 Å². The van der Waals surface area contributed by atoms with Crippen LogP contribution in [0.25, 0.3) is 0 Å². The number of hydrogen-bond donors (Lipinski definition) is 0. The topological polar surface area (TPSA) is 29.5 Å². The molecule has 0 unspecified atom stereocenters. The SMILES string of the molecule is O=C1OCCCN1c1ccc(Cl)cc1. The summed E-state index contributed by atoms with van der Waals surface area (Å²) < 4.78 is 4.93. The van der Waals surface area contributed by atoms with Crippen molar-refractivity contribution in [2.24, 2.45) is 0 Å². The highest BCUT2D eigenvalue weighted by atomic mass is 35.5. The van der Waals surface area contributed by atoms with E-state index in [1.807, 2.05) is 12.1 Å². The number of amides is 1. The van der Waals surface area contributed by atoms with Gasteiger partial charge in [-0.1, -0.05) is 11.6 Å². The first-order valence-electron chi connectivity index (χ1n) is 4.47. The number of anilines is 1. The summed E-state index contributed by atoms with van der Waals surface area (Å²) in [5.41, 5.74) is 0.833. The fourth-order valence-corrected chi connectivity index (χ4v) is 1.53. The van der Waals surface area contributed by atoms with Gasteiger partial charge in [0.15, 0.2) is 0 Å². The zero-order valence-corrected chi connectivity index (χ0v) is 8.33. The Bertz CT molecular complexity index is 336. The monoisotopic (exact) mass is 211 g/mol. The Morgan fingerprint density at radius 1 is 1.29 bits per heavy atom. The van der Waals surface area contributed by atoms with Crippen molar-refractivity contribution in [3.63, 3.8) is 0 Å². The molecule has 3 nitrogen and oxygen atoms in total. The maximum Gasteiger partial charge on any atom is 0.414 e. The second-order valence-corrected chi connectivity index (χ2v) is 3.53. The molecule has 0 radical (unpaired) electrons. The van der Waals surface area contributed by atoms with Crippen molar-refractivity contribution < 1.29 is 9.53 Å². The second kappa shape index (κ2) is 3.88. The molecule has 2 rings (SSSR count). The number of carbonyl (C=O) groups excluding carboxylic acids is 1. The largest absolute Gasteiger partial charge is 0.449 e. The standard InChI is InChI=1S/C10H10ClNO2/c11-8-2-4-9(5-3-8)12-6-1-7-14-10(12)13/h2-5H,1,6-7H2. The minimum Gasteiger partial charge on any atom is -0.449 e. The molecule has 0 aliphatic carbocycles. The quantitative estimate of drug-likeness (QED) is 0.715. The number of nitrogens with zero attached hydrogens (tertiary/aromatic N) is 1. The first kappa shape index (κ1) is 9.34. The average Bonchev–Trinajstić information content (AvgIpc) is 2.20. The van der Waals surface area contributed by atoms with Gasteiger partial charge in [-0.2, -0.15) is 0 Å². The summed E-state index contributed by atoms with van der Waals surface area (Å²) in [6.07, 6.45) is 0.590. The summed E-state index contributed by atoms with van der Waals surface area (Å²) in [6, 6.07) is 7.15. The van der Waals surface area contributed by atoms with Crippen LogP contribution in [0.15, 0.2) is 24.3 Å². The maximum absolute atomic E-state index is 11.4. The van der Waals surface area contributed by atoms with Gasteiger partial charge in [0.2, 0.25) is 0 Å². The highest BCUT2D eigenvalue weighted by Gasteiger charge is 2.20. The van der Waals surface area contributed by atoms with Gasteiger partial charge in [-0.15, -0.1) is 0 Å². The third kappa shape index (κ3) is 1.82. The van der Waals surface area contributed by atoms with Crippen molar-refractivity contribution in [3.05, 3.63) is 29.3 Å². The van der Waals surface area contributed by atoms with Gasteiger partial charge < -0.3 is 4.74 Å². The van der Waals surface area contributed by atoms with Gasteiger partial charge in [-0.05, 0) is 30.7 Å². The van der Waals surface area contributed by atoms with Crippen LogP contribution in [-0.4, -0.2) is 19.2 Å². The number of benzene rings is 1. The lowest BCUT2D eigenvalue weighted by Gasteiger charge is -2.26. The van der Waals surface area contributed by atoms with E-state index in [9.17, 15) is 4.79 Å². The molecule has 1 aromatic carbocycles. The molecule has 4 heteroatoms. The van der Waals surface area contributed by atoms with Gasteiger partial charge >= 0.3 is 6.09 Å². The molecule has 1 amide bonds. The summed E-state index contributed by atoms with van der Waals surface area (Å²) in [6.45, 7) is 1.23. The van der Waals surface area contributed by atoms with Crippen LogP contribution in [0, 0.1) is 0 Å². The van der Waals surface area contributed by atoms with Gasteiger partial charge in [0.25, 0.3) is 0 Å². The third-order valence-corrected chi connectivity index (χ3v) is 2.36. The first-order chi connectivity index (χ1) is 6.77. The van der Waals surface area contributed by atoms with Crippen molar-refractivity contribution in [1.29, 1.82) is 0 Å². The third-order valence-electron chi connectivity index (χ3n) is 2.11. The van der Waals surface area contributed by atoms with Crippen molar-refractivity contribution in [1.82, 2.24) is 0 Å². The molecule has 74 valence electrons. The molecule has 0 saturated carbocycles. The molecule has 1 aliphatic heterocycles. The normalized spacial score (nSPS) is 16.6. The molecule has 1 fully saturated rings. The average molecular weight is 212 g/mol. The van der Waals surface area contributed by atoms with Gasteiger partial charge in [0.1, 0.15) is 0 Å². The Morgan fingerprint density at radius 3 is 2.64 bits per heavy atom. The van der Waals surface area contributed by atoms with Gasteiger partial charge in [0, 0.05) is 17.3 Å².